The Kier molecular flexibility index (Phi) is 6.96. The molecular weight excluding hydrogens is 443 g/mol. The van der Waals surface area contributed by atoms with Gasteiger partial charge in [-0.1, -0.05) is 22.9 Å². The molecule has 0 aliphatic rings. The van der Waals surface area contributed by atoms with E-state index in [2.05, 4.69) is 20.6 Å². The Bertz CT molecular complexity index is 858. The van der Waals surface area contributed by atoms with Crippen molar-refractivity contribution in [1.82, 2.24) is 15.0 Å². The third-order valence-electron chi connectivity index (χ3n) is 3.61. The van der Waals surface area contributed by atoms with Gasteiger partial charge in [-0.25, -0.2) is 9.67 Å². The first kappa shape index (κ1) is 19.7. The van der Waals surface area contributed by atoms with Crippen LogP contribution in [0, 0.1) is 6.92 Å². The largest absolute Gasteiger partial charge is 0.497 e. The summed E-state index contributed by atoms with van der Waals surface area (Å²) in [6, 6.07) is 15.5. The van der Waals surface area contributed by atoms with Crippen LogP contribution in [-0.4, -0.2) is 28.1 Å². The van der Waals surface area contributed by atoms with Gasteiger partial charge in [-0.05, 0) is 43.3 Å². The molecule has 7 nitrogen and oxygen atoms in total. The van der Waals surface area contributed by atoms with Crippen molar-refractivity contribution in [1.29, 1.82) is 0 Å². The van der Waals surface area contributed by atoms with Gasteiger partial charge < -0.3 is 15.8 Å². The molecule has 26 heavy (non-hydrogen) atoms. The number of hydrogen-bond acceptors (Lipinski definition) is 4. The number of aliphatic imine (C=N–C) groups is 1. The van der Waals surface area contributed by atoms with E-state index in [0.29, 0.717) is 12.5 Å². The van der Waals surface area contributed by atoms with Crippen molar-refractivity contribution in [3.63, 3.8) is 0 Å². The van der Waals surface area contributed by atoms with E-state index in [0.717, 1.165) is 22.8 Å². The Morgan fingerprint density at radius 3 is 2.50 bits per heavy atom. The van der Waals surface area contributed by atoms with Crippen LogP contribution in [0.15, 0.2) is 59.7 Å². The summed E-state index contributed by atoms with van der Waals surface area (Å²) >= 11 is 0. The van der Waals surface area contributed by atoms with Crippen LogP contribution < -0.4 is 15.8 Å². The molecule has 0 aliphatic carbocycles. The number of benzene rings is 2. The topological polar surface area (TPSA) is 90.3 Å². The minimum atomic E-state index is 0. The molecule has 0 saturated carbocycles. The van der Waals surface area contributed by atoms with Crippen LogP contribution >= 0.6 is 24.0 Å². The number of hydrogen-bond donors (Lipinski definition) is 2. The summed E-state index contributed by atoms with van der Waals surface area (Å²) in [4.78, 5) is 4.29. The van der Waals surface area contributed by atoms with Gasteiger partial charge in [0.25, 0.3) is 0 Å². The van der Waals surface area contributed by atoms with Crippen LogP contribution in [0.2, 0.25) is 0 Å². The average Bonchev–Trinajstić information content (AvgIpc) is 3.11. The summed E-state index contributed by atoms with van der Waals surface area (Å²) in [6.45, 7) is 2.38. The van der Waals surface area contributed by atoms with Crippen LogP contribution in [0.25, 0.3) is 5.69 Å². The fraction of sp³-hybridized carbons (Fsp3) is 0.167. The van der Waals surface area contributed by atoms with Gasteiger partial charge in [0.2, 0.25) is 0 Å². The zero-order valence-corrected chi connectivity index (χ0v) is 16.9. The number of rotatable bonds is 5. The lowest BCUT2D eigenvalue weighted by molar-refractivity contribution is 0.414. The monoisotopic (exact) mass is 464 g/mol. The van der Waals surface area contributed by atoms with Gasteiger partial charge in [-0.15, -0.1) is 29.1 Å². The second-order valence-electron chi connectivity index (χ2n) is 5.54. The molecule has 0 fully saturated rings. The fourth-order valence-electron chi connectivity index (χ4n) is 2.22. The van der Waals surface area contributed by atoms with Crippen molar-refractivity contribution in [3.8, 4) is 11.4 Å². The molecule has 1 aromatic heterocycles. The van der Waals surface area contributed by atoms with Gasteiger partial charge in [0, 0.05) is 5.69 Å². The summed E-state index contributed by atoms with van der Waals surface area (Å²) in [5.74, 6) is 1.13. The summed E-state index contributed by atoms with van der Waals surface area (Å²) in [6.07, 6.45) is 1.82. The number of aromatic nitrogens is 3. The molecule has 3 aromatic rings. The van der Waals surface area contributed by atoms with Crippen molar-refractivity contribution in [2.45, 2.75) is 13.5 Å². The van der Waals surface area contributed by atoms with Crippen molar-refractivity contribution in [3.05, 3.63) is 66.0 Å². The lowest BCUT2D eigenvalue weighted by atomic mass is 10.2. The average molecular weight is 464 g/mol. The quantitative estimate of drug-likeness (QED) is 0.344. The molecule has 0 amide bonds. The smallest absolute Gasteiger partial charge is 0.193 e. The standard InChI is InChI=1S/C18H20N6O.HI/c1-13-3-5-14(6-4-13)21-18(19)20-11-15-12-24(23-22-15)16-7-9-17(25-2)10-8-16;/h3-10,12H,11H2,1-2H3,(H3,19,20,21);1H. The van der Waals surface area contributed by atoms with Crippen LogP contribution in [0.5, 0.6) is 5.75 Å². The maximum absolute atomic E-state index is 5.91. The van der Waals surface area contributed by atoms with Crippen molar-refractivity contribution >= 4 is 35.6 Å². The third kappa shape index (κ3) is 5.19. The number of nitrogens with two attached hydrogens (primary N) is 1. The Morgan fingerprint density at radius 1 is 1.15 bits per heavy atom. The Morgan fingerprint density at radius 2 is 1.85 bits per heavy atom. The summed E-state index contributed by atoms with van der Waals surface area (Å²) < 4.78 is 6.83. The van der Waals surface area contributed by atoms with Gasteiger partial charge >= 0.3 is 0 Å². The summed E-state index contributed by atoms with van der Waals surface area (Å²) in [5, 5.41) is 11.3. The highest BCUT2D eigenvalue weighted by molar-refractivity contribution is 14.0. The molecule has 8 heteroatoms. The zero-order chi connectivity index (χ0) is 17.6. The molecule has 0 unspecified atom stereocenters. The number of nitrogens with one attached hydrogen (secondary N) is 1. The third-order valence-corrected chi connectivity index (χ3v) is 3.61. The minimum absolute atomic E-state index is 0. The van der Waals surface area contributed by atoms with E-state index in [-0.39, 0.29) is 24.0 Å². The van der Waals surface area contributed by atoms with E-state index in [9.17, 15) is 0 Å². The molecular formula is C18H21IN6O. The molecule has 0 radical (unpaired) electrons. The first-order chi connectivity index (χ1) is 12.1. The number of halogens is 1. The number of ether oxygens (including phenoxy) is 1. The summed E-state index contributed by atoms with van der Waals surface area (Å²) in [5.41, 5.74) is 9.62. The van der Waals surface area contributed by atoms with Crippen LogP contribution in [0.3, 0.4) is 0 Å². The molecule has 3 N–H and O–H groups in total. The predicted octanol–water partition coefficient (Wildman–Crippen LogP) is 3.13. The first-order valence-electron chi connectivity index (χ1n) is 7.83. The molecule has 0 atom stereocenters. The normalized spacial score (nSPS) is 10.9. The minimum Gasteiger partial charge on any atom is -0.497 e. The van der Waals surface area contributed by atoms with Crippen LogP contribution in [0.1, 0.15) is 11.3 Å². The van der Waals surface area contributed by atoms with Gasteiger partial charge in [0.15, 0.2) is 5.96 Å². The van der Waals surface area contributed by atoms with E-state index in [1.54, 1.807) is 11.8 Å². The van der Waals surface area contributed by atoms with Crippen molar-refractivity contribution < 1.29 is 4.74 Å². The van der Waals surface area contributed by atoms with E-state index >= 15 is 0 Å². The molecule has 136 valence electrons. The first-order valence-corrected chi connectivity index (χ1v) is 7.83. The van der Waals surface area contributed by atoms with Crippen molar-refractivity contribution in [2.24, 2.45) is 10.7 Å². The van der Waals surface area contributed by atoms with Gasteiger partial charge in [-0.2, -0.15) is 0 Å². The fourth-order valence-corrected chi connectivity index (χ4v) is 2.22. The molecule has 2 aromatic carbocycles. The number of aryl methyl sites for hydroxylation is 1. The number of anilines is 1. The highest BCUT2D eigenvalue weighted by Crippen LogP contribution is 2.14. The van der Waals surface area contributed by atoms with Gasteiger partial charge in [0.05, 0.1) is 25.5 Å². The van der Waals surface area contributed by atoms with E-state index in [1.807, 2.05) is 61.7 Å². The van der Waals surface area contributed by atoms with E-state index in [4.69, 9.17) is 10.5 Å². The number of methoxy groups -OCH3 is 1. The molecule has 0 spiro atoms. The van der Waals surface area contributed by atoms with E-state index in [1.165, 1.54) is 5.56 Å². The summed E-state index contributed by atoms with van der Waals surface area (Å²) in [7, 11) is 1.63. The highest BCUT2D eigenvalue weighted by atomic mass is 127. The second-order valence-corrected chi connectivity index (χ2v) is 5.54. The molecule has 0 bridgehead atoms. The van der Waals surface area contributed by atoms with Crippen molar-refractivity contribution in [2.75, 3.05) is 12.4 Å². The lowest BCUT2D eigenvalue weighted by Crippen LogP contribution is -2.22. The highest BCUT2D eigenvalue weighted by Gasteiger charge is 2.03. The van der Waals surface area contributed by atoms with Crippen LogP contribution in [-0.2, 0) is 6.54 Å². The van der Waals surface area contributed by atoms with E-state index < -0.39 is 0 Å². The van der Waals surface area contributed by atoms with Gasteiger partial charge in [0.1, 0.15) is 11.4 Å². The molecule has 0 saturated heterocycles. The lowest BCUT2D eigenvalue weighted by Gasteiger charge is -2.05. The number of nitrogens with zero attached hydrogens (tertiary/aromatic N) is 4. The SMILES string of the molecule is COc1ccc(-n2cc(CN=C(N)Nc3ccc(C)cc3)nn2)cc1.I. The maximum atomic E-state index is 5.91. The van der Waals surface area contributed by atoms with Gasteiger partial charge in [-0.3, -0.25) is 0 Å². The molecule has 0 aliphatic heterocycles. The molecule has 1 heterocycles. The maximum Gasteiger partial charge on any atom is 0.193 e. The Hall–Kier alpha value is -2.62. The molecule has 3 rings (SSSR count). The Labute approximate surface area is 169 Å². The predicted molar refractivity (Wildman–Crippen MR) is 113 cm³/mol. The zero-order valence-electron chi connectivity index (χ0n) is 14.6. The Balaban J connectivity index is 0.00000243. The second kappa shape index (κ2) is 9.18. The van der Waals surface area contributed by atoms with Crippen LogP contribution in [0.4, 0.5) is 5.69 Å². The number of guanidine groups is 1.